The molecule has 0 radical (unpaired) electrons. The van der Waals surface area contributed by atoms with Crippen LogP contribution in [0.5, 0.6) is 0 Å². The maximum Gasteiger partial charge on any atom is 0.197 e. The second-order valence-electron chi connectivity index (χ2n) is 3.78. The van der Waals surface area contributed by atoms with Crippen molar-refractivity contribution in [2.45, 2.75) is 26.7 Å². The summed E-state index contributed by atoms with van der Waals surface area (Å²) in [4.78, 5) is 8.72. The summed E-state index contributed by atoms with van der Waals surface area (Å²) in [6, 6.07) is 1.88. The Hall–Kier alpha value is -0.870. The van der Waals surface area contributed by atoms with E-state index in [1.54, 1.807) is 6.26 Å². The summed E-state index contributed by atoms with van der Waals surface area (Å²) in [6.07, 6.45) is 3.49. The van der Waals surface area contributed by atoms with E-state index in [1.165, 1.54) is 0 Å². The summed E-state index contributed by atoms with van der Waals surface area (Å²) in [5.41, 5.74) is 1.92. The molecular weight excluding hydrogens is 304 g/mol. The predicted octanol–water partition coefficient (Wildman–Crippen LogP) is 4.41. The van der Waals surface area contributed by atoms with E-state index in [2.05, 4.69) is 32.8 Å². The van der Waals surface area contributed by atoms with Crippen LogP contribution in [0, 0.1) is 6.92 Å². The van der Waals surface area contributed by atoms with Crippen molar-refractivity contribution >= 4 is 27.5 Å². The van der Waals surface area contributed by atoms with Crippen LogP contribution in [0.3, 0.4) is 0 Å². The van der Waals surface area contributed by atoms with E-state index in [0.717, 1.165) is 28.6 Å². The Labute approximate surface area is 113 Å². The van der Waals surface area contributed by atoms with Gasteiger partial charge in [-0.3, -0.25) is 0 Å². The van der Waals surface area contributed by atoms with E-state index in [1.807, 2.05) is 13.0 Å². The minimum Gasteiger partial charge on any atom is -0.461 e. The van der Waals surface area contributed by atoms with Gasteiger partial charge in [0.25, 0.3) is 0 Å². The highest BCUT2D eigenvalue weighted by Crippen LogP contribution is 2.29. The van der Waals surface area contributed by atoms with E-state index in [9.17, 15) is 0 Å². The van der Waals surface area contributed by atoms with Crippen LogP contribution in [-0.4, -0.2) is 9.97 Å². The Bertz CT molecular complexity index is 539. The average molecular weight is 316 g/mol. The summed E-state index contributed by atoms with van der Waals surface area (Å²) in [5.74, 6) is 1.22. The highest BCUT2D eigenvalue weighted by atomic mass is 79.9. The molecule has 0 aromatic carbocycles. The van der Waals surface area contributed by atoms with E-state index in [-0.39, 0.29) is 0 Å². The SMILES string of the molecule is CCCc1nc(-c2occc2C)nc(Cl)c1Br. The Kier molecular flexibility index (Phi) is 3.84. The van der Waals surface area contributed by atoms with E-state index < -0.39 is 0 Å². The van der Waals surface area contributed by atoms with E-state index in [4.69, 9.17) is 16.0 Å². The molecule has 0 bridgehead atoms. The number of hydrogen-bond acceptors (Lipinski definition) is 3. The van der Waals surface area contributed by atoms with Gasteiger partial charge >= 0.3 is 0 Å². The second-order valence-corrected chi connectivity index (χ2v) is 4.93. The van der Waals surface area contributed by atoms with Gasteiger partial charge in [-0.2, -0.15) is 0 Å². The van der Waals surface area contributed by atoms with E-state index in [0.29, 0.717) is 16.7 Å². The molecular formula is C12H12BrClN2O. The zero-order valence-corrected chi connectivity index (χ0v) is 12.0. The van der Waals surface area contributed by atoms with E-state index >= 15 is 0 Å². The van der Waals surface area contributed by atoms with Gasteiger partial charge in [-0.15, -0.1) is 0 Å². The van der Waals surface area contributed by atoms with Crippen LogP contribution in [0.2, 0.25) is 5.15 Å². The summed E-state index contributed by atoms with van der Waals surface area (Å²) in [6.45, 7) is 4.05. The fourth-order valence-electron chi connectivity index (χ4n) is 1.57. The molecule has 2 heterocycles. The van der Waals surface area contributed by atoms with Gasteiger partial charge in [0.1, 0.15) is 5.15 Å². The van der Waals surface area contributed by atoms with Crippen LogP contribution in [0.25, 0.3) is 11.6 Å². The lowest BCUT2D eigenvalue weighted by atomic mass is 10.2. The molecule has 2 rings (SSSR count). The fourth-order valence-corrected chi connectivity index (χ4v) is 2.13. The zero-order valence-electron chi connectivity index (χ0n) is 9.63. The molecule has 0 aliphatic carbocycles. The quantitative estimate of drug-likeness (QED) is 0.787. The molecule has 0 aliphatic heterocycles. The topological polar surface area (TPSA) is 38.9 Å². The molecule has 0 N–H and O–H groups in total. The first-order valence-electron chi connectivity index (χ1n) is 5.39. The van der Waals surface area contributed by atoms with Gasteiger partial charge in [-0.1, -0.05) is 24.9 Å². The van der Waals surface area contributed by atoms with Gasteiger partial charge in [-0.25, -0.2) is 9.97 Å². The number of aromatic nitrogens is 2. The van der Waals surface area contributed by atoms with Gasteiger partial charge in [-0.05, 0) is 40.9 Å². The highest BCUT2D eigenvalue weighted by molar-refractivity contribution is 9.10. The van der Waals surface area contributed by atoms with Crippen molar-refractivity contribution in [1.82, 2.24) is 9.97 Å². The number of rotatable bonds is 3. The van der Waals surface area contributed by atoms with Crippen molar-refractivity contribution in [3.8, 4) is 11.6 Å². The molecule has 17 heavy (non-hydrogen) atoms. The molecule has 3 nitrogen and oxygen atoms in total. The average Bonchev–Trinajstić information content (AvgIpc) is 2.71. The van der Waals surface area contributed by atoms with Crippen LogP contribution in [0.4, 0.5) is 0 Å². The summed E-state index contributed by atoms with van der Waals surface area (Å²) in [7, 11) is 0. The first-order valence-corrected chi connectivity index (χ1v) is 6.57. The molecule has 0 amide bonds. The minimum absolute atomic E-state index is 0.425. The van der Waals surface area contributed by atoms with Gasteiger partial charge in [0.15, 0.2) is 11.6 Å². The van der Waals surface area contributed by atoms with Crippen molar-refractivity contribution in [2.24, 2.45) is 0 Å². The van der Waals surface area contributed by atoms with Crippen LogP contribution >= 0.6 is 27.5 Å². The predicted molar refractivity (Wildman–Crippen MR) is 71.2 cm³/mol. The van der Waals surface area contributed by atoms with Crippen molar-refractivity contribution < 1.29 is 4.42 Å². The molecule has 0 aliphatic rings. The van der Waals surface area contributed by atoms with Gasteiger partial charge in [0.05, 0.1) is 16.4 Å². The van der Waals surface area contributed by atoms with Crippen molar-refractivity contribution in [3.63, 3.8) is 0 Å². The van der Waals surface area contributed by atoms with Crippen molar-refractivity contribution in [1.29, 1.82) is 0 Å². The maximum atomic E-state index is 6.08. The lowest BCUT2D eigenvalue weighted by Gasteiger charge is -2.06. The molecule has 0 saturated heterocycles. The van der Waals surface area contributed by atoms with Crippen LogP contribution in [0.1, 0.15) is 24.6 Å². The third kappa shape index (κ3) is 2.53. The molecule has 2 aromatic heterocycles. The molecule has 2 aromatic rings. The first kappa shape index (κ1) is 12.6. The highest BCUT2D eigenvalue weighted by Gasteiger charge is 2.14. The Morgan fingerprint density at radius 2 is 2.18 bits per heavy atom. The number of nitrogens with zero attached hydrogens (tertiary/aromatic N) is 2. The number of furan rings is 1. The zero-order chi connectivity index (χ0) is 12.4. The minimum atomic E-state index is 0.425. The molecule has 0 fully saturated rings. The fraction of sp³-hybridized carbons (Fsp3) is 0.333. The molecule has 90 valence electrons. The van der Waals surface area contributed by atoms with Crippen molar-refractivity contribution in [3.05, 3.63) is 33.2 Å². The normalized spacial score (nSPS) is 10.8. The summed E-state index contributed by atoms with van der Waals surface area (Å²) < 4.78 is 6.15. The number of aryl methyl sites for hydroxylation is 2. The van der Waals surface area contributed by atoms with Gasteiger partial charge < -0.3 is 4.42 Å². The van der Waals surface area contributed by atoms with Crippen molar-refractivity contribution in [2.75, 3.05) is 0 Å². The standard InChI is InChI=1S/C12H12BrClN2O/c1-3-4-8-9(13)11(14)16-12(15-8)10-7(2)5-6-17-10/h5-6H,3-4H2,1-2H3. The molecule has 0 unspecified atom stereocenters. The van der Waals surface area contributed by atoms with Crippen LogP contribution < -0.4 is 0 Å². The van der Waals surface area contributed by atoms with Crippen LogP contribution in [0.15, 0.2) is 21.2 Å². The lowest BCUT2D eigenvalue weighted by Crippen LogP contribution is -1.98. The van der Waals surface area contributed by atoms with Gasteiger partial charge in [0, 0.05) is 0 Å². The molecule has 0 spiro atoms. The lowest BCUT2D eigenvalue weighted by molar-refractivity contribution is 0.575. The third-order valence-corrected chi connectivity index (χ3v) is 3.77. The van der Waals surface area contributed by atoms with Gasteiger partial charge in [0.2, 0.25) is 0 Å². The molecule has 0 saturated carbocycles. The largest absolute Gasteiger partial charge is 0.461 e. The molecule has 5 heteroatoms. The second kappa shape index (κ2) is 5.19. The number of hydrogen-bond donors (Lipinski definition) is 0. The monoisotopic (exact) mass is 314 g/mol. The Balaban J connectivity index is 2.53. The maximum absolute atomic E-state index is 6.08. The third-order valence-electron chi connectivity index (χ3n) is 2.43. The molecule has 0 atom stereocenters. The number of halogens is 2. The first-order chi connectivity index (χ1) is 8.13. The summed E-state index contributed by atoms with van der Waals surface area (Å²) in [5, 5.41) is 0.425. The Morgan fingerprint density at radius 1 is 1.41 bits per heavy atom. The van der Waals surface area contributed by atoms with Crippen LogP contribution in [-0.2, 0) is 6.42 Å². The summed E-state index contributed by atoms with van der Waals surface area (Å²) >= 11 is 9.49. The Morgan fingerprint density at radius 3 is 2.76 bits per heavy atom. The smallest absolute Gasteiger partial charge is 0.197 e.